The lowest BCUT2D eigenvalue weighted by Crippen LogP contribution is -2.26. The Kier molecular flexibility index (Phi) is 5.71. The highest BCUT2D eigenvalue weighted by atomic mass is 32.2. The van der Waals surface area contributed by atoms with Crippen molar-refractivity contribution >= 4 is 40.3 Å². The third-order valence-electron chi connectivity index (χ3n) is 5.15. The molecule has 3 aromatic carbocycles. The number of aromatic nitrogens is 2. The number of rotatable bonds is 5. The molecule has 0 unspecified atom stereocenters. The molecule has 2 heterocycles. The Hall–Kier alpha value is -3.48. The maximum atomic E-state index is 12.7. The molecule has 32 heavy (non-hydrogen) atoms. The normalized spacial score (nSPS) is 15.0. The van der Waals surface area contributed by atoms with E-state index < -0.39 is 0 Å². The topological polar surface area (TPSA) is 38.1 Å². The Morgan fingerprint density at radius 1 is 0.875 bits per heavy atom. The third kappa shape index (κ3) is 4.15. The van der Waals surface area contributed by atoms with E-state index in [-0.39, 0.29) is 5.24 Å². The van der Waals surface area contributed by atoms with Gasteiger partial charge in [-0.15, -0.1) is 0 Å². The molecule has 0 radical (unpaired) electrons. The van der Waals surface area contributed by atoms with E-state index in [1.165, 1.54) is 11.8 Å². The molecule has 1 aliphatic heterocycles. The summed E-state index contributed by atoms with van der Waals surface area (Å²) in [7, 11) is 0. The first kappa shape index (κ1) is 20.4. The molecule has 1 amide bonds. The van der Waals surface area contributed by atoms with Crippen molar-refractivity contribution < 1.29 is 4.79 Å². The van der Waals surface area contributed by atoms with Crippen LogP contribution >= 0.6 is 24.0 Å². The standard InChI is InChI=1S/C26H19N3OS2/c30-26-28(17-19-10-4-1-5-11-19)25(31)23(32-26)16-21-18-29(22-14-8-3-9-15-22)27-24(21)20-12-6-2-7-13-20/h1-16,18H,17H2/b23-16-. The van der Waals surface area contributed by atoms with Crippen molar-refractivity contribution in [3.63, 3.8) is 0 Å². The van der Waals surface area contributed by atoms with Crippen LogP contribution in [0, 0.1) is 0 Å². The molecular weight excluding hydrogens is 434 g/mol. The molecule has 1 saturated heterocycles. The Balaban J connectivity index is 1.52. The number of nitrogens with zero attached hydrogens (tertiary/aromatic N) is 3. The van der Waals surface area contributed by atoms with Crippen LogP contribution in [-0.4, -0.2) is 24.9 Å². The molecule has 1 fully saturated rings. The second kappa shape index (κ2) is 8.94. The van der Waals surface area contributed by atoms with Crippen molar-refractivity contribution in [1.29, 1.82) is 0 Å². The molecule has 4 aromatic rings. The average Bonchev–Trinajstić information content (AvgIpc) is 3.38. The first-order valence-electron chi connectivity index (χ1n) is 10.2. The van der Waals surface area contributed by atoms with Gasteiger partial charge >= 0.3 is 0 Å². The van der Waals surface area contributed by atoms with Gasteiger partial charge in [0.1, 0.15) is 4.99 Å². The molecule has 156 valence electrons. The van der Waals surface area contributed by atoms with Gasteiger partial charge in [0.05, 0.1) is 22.8 Å². The molecule has 0 spiro atoms. The van der Waals surface area contributed by atoms with E-state index >= 15 is 0 Å². The number of hydrogen-bond acceptors (Lipinski definition) is 4. The van der Waals surface area contributed by atoms with E-state index in [4.69, 9.17) is 17.3 Å². The van der Waals surface area contributed by atoms with Gasteiger partial charge < -0.3 is 0 Å². The molecule has 1 aromatic heterocycles. The third-order valence-corrected chi connectivity index (χ3v) is 6.65. The summed E-state index contributed by atoms with van der Waals surface area (Å²) in [5.41, 5.74) is 4.79. The molecule has 0 saturated carbocycles. The van der Waals surface area contributed by atoms with Crippen LogP contribution in [0.2, 0.25) is 0 Å². The maximum absolute atomic E-state index is 12.7. The van der Waals surface area contributed by atoms with Gasteiger partial charge in [-0.3, -0.25) is 9.69 Å². The predicted molar refractivity (Wildman–Crippen MR) is 135 cm³/mol. The van der Waals surface area contributed by atoms with E-state index in [2.05, 4.69) is 0 Å². The number of carbonyl (C=O) groups excluding carboxylic acids is 1. The number of benzene rings is 3. The van der Waals surface area contributed by atoms with Crippen LogP contribution < -0.4 is 0 Å². The lowest BCUT2D eigenvalue weighted by molar-refractivity contribution is 0.244. The smallest absolute Gasteiger partial charge is 0.288 e. The van der Waals surface area contributed by atoms with Gasteiger partial charge in [-0.2, -0.15) is 5.10 Å². The summed E-state index contributed by atoms with van der Waals surface area (Å²) >= 11 is 6.86. The van der Waals surface area contributed by atoms with E-state index in [1.807, 2.05) is 108 Å². The maximum Gasteiger partial charge on any atom is 0.291 e. The summed E-state index contributed by atoms with van der Waals surface area (Å²) in [4.78, 5) is 15.7. The minimum absolute atomic E-state index is 0.0539. The largest absolute Gasteiger partial charge is 0.291 e. The van der Waals surface area contributed by atoms with Crippen LogP contribution in [0.25, 0.3) is 23.0 Å². The van der Waals surface area contributed by atoms with Crippen molar-refractivity contribution in [3.8, 4) is 16.9 Å². The second-order valence-electron chi connectivity index (χ2n) is 7.33. The van der Waals surface area contributed by atoms with Crippen molar-refractivity contribution in [3.05, 3.63) is 113 Å². The Morgan fingerprint density at radius 2 is 1.50 bits per heavy atom. The van der Waals surface area contributed by atoms with Crippen LogP contribution in [-0.2, 0) is 6.54 Å². The predicted octanol–water partition coefficient (Wildman–Crippen LogP) is 6.58. The van der Waals surface area contributed by atoms with E-state index in [0.717, 1.165) is 33.0 Å². The lowest BCUT2D eigenvalue weighted by atomic mass is 10.1. The summed E-state index contributed by atoms with van der Waals surface area (Å²) in [6.45, 7) is 0.470. The highest BCUT2D eigenvalue weighted by Crippen LogP contribution is 2.36. The van der Waals surface area contributed by atoms with Gasteiger partial charge in [0.25, 0.3) is 5.24 Å². The quantitative estimate of drug-likeness (QED) is 0.253. The minimum Gasteiger partial charge on any atom is -0.288 e. The monoisotopic (exact) mass is 453 g/mol. The van der Waals surface area contributed by atoms with Gasteiger partial charge in [0.15, 0.2) is 0 Å². The Morgan fingerprint density at radius 3 is 2.19 bits per heavy atom. The molecule has 0 atom stereocenters. The number of carbonyl (C=O) groups is 1. The van der Waals surface area contributed by atoms with Crippen molar-refractivity contribution in [1.82, 2.24) is 14.7 Å². The second-order valence-corrected chi connectivity index (χ2v) is 8.71. The highest BCUT2D eigenvalue weighted by molar-refractivity contribution is 8.19. The summed E-state index contributed by atoms with van der Waals surface area (Å²) in [5.74, 6) is 0. The number of thioether (sulfide) groups is 1. The fourth-order valence-electron chi connectivity index (χ4n) is 3.57. The number of thiocarbonyl (C=S) groups is 1. The van der Waals surface area contributed by atoms with E-state index in [9.17, 15) is 4.79 Å². The van der Waals surface area contributed by atoms with Gasteiger partial charge in [-0.05, 0) is 35.5 Å². The van der Waals surface area contributed by atoms with Crippen molar-refractivity contribution in [2.75, 3.05) is 0 Å². The zero-order chi connectivity index (χ0) is 21.9. The fourth-order valence-corrected chi connectivity index (χ4v) is 4.80. The summed E-state index contributed by atoms with van der Waals surface area (Å²) in [6, 6.07) is 29.9. The van der Waals surface area contributed by atoms with Gasteiger partial charge in [0, 0.05) is 17.3 Å². The van der Waals surface area contributed by atoms with Gasteiger partial charge in [0.2, 0.25) is 0 Å². The fraction of sp³-hybridized carbons (Fsp3) is 0.0385. The summed E-state index contributed by atoms with van der Waals surface area (Å²) in [6.07, 6.45) is 3.96. The van der Waals surface area contributed by atoms with E-state index in [1.54, 1.807) is 4.90 Å². The van der Waals surface area contributed by atoms with Crippen LogP contribution in [0.3, 0.4) is 0 Å². The zero-order valence-electron chi connectivity index (χ0n) is 17.1. The van der Waals surface area contributed by atoms with Crippen LogP contribution in [0.1, 0.15) is 11.1 Å². The first-order valence-corrected chi connectivity index (χ1v) is 11.4. The molecule has 6 heteroatoms. The van der Waals surface area contributed by atoms with Crippen molar-refractivity contribution in [2.24, 2.45) is 0 Å². The van der Waals surface area contributed by atoms with Gasteiger partial charge in [-0.1, -0.05) is 91.1 Å². The average molecular weight is 454 g/mol. The summed E-state index contributed by atoms with van der Waals surface area (Å²) in [5, 5.41) is 4.79. The molecule has 1 aliphatic rings. The van der Waals surface area contributed by atoms with Crippen LogP contribution in [0.15, 0.2) is 102 Å². The number of para-hydroxylation sites is 1. The minimum atomic E-state index is -0.0539. The highest BCUT2D eigenvalue weighted by Gasteiger charge is 2.32. The summed E-state index contributed by atoms with van der Waals surface area (Å²) < 4.78 is 1.86. The van der Waals surface area contributed by atoms with Crippen molar-refractivity contribution in [2.45, 2.75) is 6.54 Å². The number of amides is 1. The van der Waals surface area contributed by atoms with Gasteiger partial charge in [-0.25, -0.2) is 4.68 Å². The Labute approximate surface area is 196 Å². The Bertz CT molecular complexity index is 1300. The van der Waals surface area contributed by atoms with Crippen LogP contribution in [0.4, 0.5) is 4.79 Å². The molecule has 0 bridgehead atoms. The zero-order valence-corrected chi connectivity index (χ0v) is 18.7. The molecule has 0 aliphatic carbocycles. The molecule has 5 rings (SSSR count). The molecular formula is C26H19N3OS2. The SMILES string of the molecule is O=C1S/C(=C\c2cn(-c3ccccc3)nc2-c2ccccc2)C(=S)N1Cc1ccccc1. The molecule has 0 N–H and O–H groups in total. The first-order chi connectivity index (χ1) is 15.7. The van der Waals surface area contributed by atoms with E-state index in [0.29, 0.717) is 11.5 Å². The lowest BCUT2D eigenvalue weighted by Gasteiger charge is -2.14. The molecule has 4 nitrogen and oxygen atoms in total. The van der Waals surface area contributed by atoms with Crippen LogP contribution in [0.5, 0.6) is 0 Å². The number of hydrogen-bond donors (Lipinski definition) is 0.